The number of hydrogen-bond donors (Lipinski definition) is 1. The van der Waals surface area contributed by atoms with Gasteiger partial charge in [-0.05, 0) is 31.9 Å². The highest BCUT2D eigenvalue weighted by Crippen LogP contribution is 2.44. The molecule has 4 heteroatoms. The van der Waals surface area contributed by atoms with Gasteiger partial charge in [0.05, 0.1) is 10.6 Å². The minimum absolute atomic E-state index is 0.222. The fourth-order valence-corrected chi connectivity index (χ4v) is 2.61. The van der Waals surface area contributed by atoms with Crippen LogP contribution in [-0.2, 0) is 4.79 Å². The second-order valence-corrected chi connectivity index (χ2v) is 4.63. The van der Waals surface area contributed by atoms with Gasteiger partial charge in [0.15, 0.2) is 0 Å². The van der Waals surface area contributed by atoms with E-state index in [2.05, 4.69) is 0 Å². The Morgan fingerprint density at radius 3 is 2.53 bits per heavy atom. The number of fused-ring (bicyclic) bond motifs is 1. The molecule has 0 aliphatic carbocycles. The Balaban J connectivity index is 2.70. The molecule has 0 aromatic heterocycles. The molecule has 1 aliphatic rings. The third-order valence-electron chi connectivity index (χ3n) is 2.71. The number of phenolic OH excluding ortho intramolecular Hbond substituents is 1. The molecule has 0 fully saturated rings. The number of carbonyl (C=O) groups excluding carboxylic acids is 1. The molecule has 2 rings (SSSR count). The predicted molar refractivity (Wildman–Crippen MR) is 58.7 cm³/mol. The Morgan fingerprint density at radius 1 is 1.20 bits per heavy atom. The van der Waals surface area contributed by atoms with Crippen molar-refractivity contribution in [1.82, 2.24) is 0 Å². The van der Waals surface area contributed by atoms with Gasteiger partial charge in [-0.25, -0.2) is 0 Å². The highest BCUT2D eigenvalue weighted by molar-refractivity contribution is 8.00. The lowest BCUT2D eigenvalue weighted by Gasteiger charge is -2.21. The standard InChI is InChI=1S/C11H12O3S/c1-5-6(2)10-11(7(3)9(5)13)15-4-8(12)14-10/h13H,4H2,1-3H3. The highest BCUT2D eigenvalue weighted by atomic mass is 32.2. The fourth-order valence-electron chi connectivity index (χ4n) is 1.65. The van der Waals surface area contributed by atoms with Gasteiger partial charge >= 0.3 is 5.97 Å². The van der Waals surface area contributed by atoms with Crippen molar-refractivity contribution in [2.24, 2.45) is 0 Å². The monoisotopic (exact) mass is 224 g/mol. The summed E-state index contributed by atoms with van der Waals surface area (Å²) in [6.07, 6.45) is 0. The summed E-state index contributed by atoms with van der Waals surface area (Å²) in [7, 11) is 0. The number of benzene rings is 1. The number of aromatic hydroxyl groups is 1. The summed E-state index contributed by atoms with van der Waals surface area (Å²) in [5.74, 6) is 1.01. The van der Waals surface area contributed by atoms with Crippen LogP contribution in [0.4, 0.5) is 0 Å². The van der Waals surface area contributed by atoms with E-state index in [0.29, 0.717) is 17.3 Å². The normalized spacial score (nSPS) is 14.7. The van der Waals surface area contributed by atoms with Crippen LogP contribution in [0.15, 0.2) is 4.90 Å². The molecule has 15 heavy (non-hydrogen) atoms. The number of ether oxygens (including phenoxy) is 1. The lowest BCUT2D eigenvalue weighted by atomic mass is 10.0. The number of esters is 1. The van der Waals surface area contributed by atoms with Gasteiger partial charge in [0.25, 0.3) is 0 Å². The van der Waals surface area contributed by atoms with E-state index in [1.54, 1.807) is 0 Å². The molecule has 1 aromatic carbocycles. The minimum atomic E-state index is -0.222. The minimum Gasteiger partial charge on any atom is -0.507 e. The van der Waals surface area contributed by atoms with Crippen molar-refractivity contribution in [3.63, 3.8) is 0 Å². The molecular formula is C11H12O3S. The molecule has 0 unspecified atom stereocenters. The van der Waals surface area contributed by atoms with Crippen LogP contribution in [0.2, 0.25) is 0 Å². The zero-order valence-corrected chi connectivity index (χ0v) is 9.70. The smallest absolute Gasteiger partial charge is 0.321 e. The molecule has 0 amide bonds. The van der Waals surface area contributed by atoms with Gasteiger partial charge < -0.3 is 9.84 Å². The summed E-state index contributed by atoms with van der Waals surface area (Å²) < 4.78 is 5.21. The van der Waals surface area contributed by atoms with Gasteiger partial charge in [0, 0.05) is 5.56 Å². The van der Waals surface area contributed by atoms with Gasteiger partial charge in [0.1, 0.15) is 11.5 Å². The summed E-state index contributed by atoms with van der Waals surface area (Å²) in [5.41, 5.74) is 2.42. The summed E-state index contributed by atoms with van der Waals surface area (Å²) in [6.45, 7) is 5.52. The van der Waals surface area contributed by atoms with Crippen molar-refractivity contribution >= 4 is 17.7 Å². The largest absolute Gasteiger partial charge is 0.507 e. The predicted octanol–water partition coefficient (Wildman–Crippen LogP) is 2.33. The van der Waals surface area contributed by atoms with Crippen molar-refractivity contribution < 1.29 is 14.6 Å². The van der Waals surface area contributed by atoms with Crippen LogP contribution < -0.4 is 4.74 Å². The molecule has 0 radical (unpaired) electrons. The average molecular weight is 224 g/mol. The Morgan fingerprint density at radius 2 is 1.87 bits per heavy atom. The number of hydrogen-bond acceptors (Lipinski definition) is 4. The molecule has 1 aliphatic heterocycles. The van der Waals surface area contributed by atoms with Crippen molar-refractivity contribution in [1.29, 1.82) is 0 Å². The maximum absolute atomic E-state index is 11.2. The average Bonchev–Trinajstić information content (AvgIpc) is 2.23. The van der Waals surface area contributed by atoms with Gasteiger partial charge in [-0.2, -0.15) is 0 Å². The molecular weight excluding hydrogens is 212 g/mol. The molecule has 80 valence electrons. The van der Waals surface area contributed by atoms with Crippen molar-refractivity contribution in [3.05, 3.63) is 16.7 Å². The lowest BCUT2D eigenvalue weighted by molar-refractivity contribution is -0.131. The Labute approximate surface area is 92.4 Å². The summed E-state index contributed by atoms with van der Waals surface area (Å²) in [5, 5.41) is 9.86. The lowest BCUT2D eigenvalue weighted by Crippen LogP contribution is -2.17. The van der Waals surface area contributed by atoms with Gasteiger partial charge in [-0.15, -0.1) is 11.8 Å². The van der Waals surface area contributed by atoms with E-state index in [0.717, 1.165) is 21.6 Å². The summed E-state index contributed by atoms with van der Waals surface area (Å²) in [6, 6.07) is 0. The maximum Gasteiger partial charge on any atom is 0.321 e. The first-order valence-electron chi connectivity index (χ1n) is 4.68. The number of carbonyl (C=O) groups is 1. The first kappa shape index (κ1) is 10.4. The topological polar surface area (TPSA) is 46.5 Å². The third kappa shape index (κ3) is 1.49. The number of phenols is 1. The Hall–Kier alpha value is -1.16. The highest BCUT2D eigenvalue weighted by Gasteiger charge is 2.25. The Kier molecular flexibility index (Phi) is 2.38. The SMILES string of the molecule is Cc1c(C)c2c(c(C)c1O)SCC(=O)O2. The fraction of sp³-hybridized carbons (Fsp3) is 0.364. The van der Waals surface area contributed by atoms with Crippen LogP contribution >= 0.6 is 11.8 Å². The van der Waals surface area contributed by atoms with E-state index >= 15 is 0 Å². The molecule has 0 saturated heterocycles. The van der Waals surface area contributed by atoms with Crippen molar-refractivity contribution in [2.75, 3.05) is 5.75 Å². The quantitative estimate of drug-likeness (QED) is 0.542. The number of thioether (sulfide) groups is 1. The van der Waals surface area contributed by atoms with E-state index < -0.39 is 0 Å². The second-order valence-electron chi connectivity index (χ2n) is 3.64. The molecule has 0 spiro atoms. The van der Waals surface area contributed by atoms with Crippen molar-refractivity contribution in [2.45, 2.75) is 25.7 Å². The van der Waals surface area contributed by atoms with E-state index in [1.807, 2.05) is 20.8 Å². The first-order chi connectivity index (χ1) is 7.02. The van der Waals surface area contributed by atoms with E-state index in [1.165, 1.54) is 11.8 Å². The molecule has 0 saturated carbocycles. The molecule has 0 bridgehead atoms. The zero-order chi connectivity index (χ0) is 11.2. The van der Waals surface area contributed by atoms with E-state index in [-0.39, 0.29) is 5.97 Å². The third-order valence-corrected chi connectivity index (χ3v) is 3.87. The molecule has 1 heterocycles. The molecule has 3 nitrogen and oxygen atoms in total. The Bertz CT molecular complexity index is 452. The van der Waals surface area contributed by atoms with Gasteiger partial charge in [-0.1, -0.05) is 0 Å². The van der Waals surface area contributed by atoms with Crippen LogP contribution in [0.5, 0.6) is 11.5 Å². The van der Waals surface area contributed by atoms with Crippen LogP contribution in [0, 0.1) is 20.8 Å². The summed E-state index contributed by atoms with van der Waals surface area (Å²) in [4.78, 5) is 12.1. The number of rotatable bonds is 0. The molecule has 1 aromatic rings. The summed E-state index contributed by atoms with van der Waals surface area (Å²) >= 11 is 1.43. The van der Waals surface area contributed by atoms with Crippen molar-refractivity contribution in [3.8, 4) is 11.5 Å². The van der Waals surface area contributed by atoms with Gasteiger partial charge in [-0.3, -0.25) is 4.79 Å². The van der Waals surface area contributed by atoms with Crippen LogP contribution in [0.1, 0.15) is 16.7 Å². The second kappa shape index (κ2) is 3.45. The van der Waals surface area contributed by atoms with Crippen LogP contribution in [-0.4, -0.2) is 16.8 Å². The van der Waals surface area contributed by atoms with E-state index in [9.17, 15) is 9.90 Å². The van der Waals surface area contributed by atoms with Crippen LogP contribution in [0.3, 0.4) is 0 Å². The molecule has 1 N–H and O–H groups in total. The molecule has 0 atom stereocenters. The maximum atomic E-state index is 11.2. The first-order valence-corrected chi connectivity index (χ1v) is 5.67. The van der Waals surface area contributed by atoms with E-state index in [4.69, 9.17) is 4.74 Å². The zero-order valence-electron chi connectivity index (χ0n) is 8.88. The van der Waals surface area contributed by atoms with Crippen LogP contribution in [0.25, 0.3) is 0 Å². The van der Waals surface area contributed by atoms with Gasteiger partial charge in [0.2, 0.25) is 0 Å².